The van der Waals surface area contributed by atoms with Crippen molar-refractivity contribution in [3.8, 4) is 5.75 Å². The van der Waals surface area contributed by atoms with Gasteiger partial charge in [0.15, 0.2) is 0 Å². The molecule has 134 valence electrons. The maximum Gasteiger partial charge on any atom is 0.387 e. The van der Waals surface area contributed by atoms with Crippen molar-refractivity contribution in [2.45, 2.75) is 31.9 Å². The lowest BCUT2D eigenvalue weighted by atomic mass is 10.1. The molecule has 25 heavy (non-hydrogen) atoms. The van der Waals surface area contributed by atoms with E-state index in [1.165, 1.54) is 6.07 Å². The molecule has 2 aromatic rings. The van der Waals surface area contributed by atoms with E-state index in [1.54, 1.807) is 34.1 Å². The Morgan fingerprint density at radius 1 is 1.44 bits per heavy atom. The summed E-state index contributed by atoms with van der Waals surface area (Å²) in [6.07, 6.45) is 4.80. The molecule has 1 aliphatic rings. The lowest BCUT2D eigenvalue weighted by Crippen LogP contribution is -2.29. The van der Waals surface area contributed by atoms with E-state index < -0.39 is 6.61 Å². The van der Waals surface area contributed by atoms with Crippen LogP contribution in [-0.2, 0) is 11.2 Å². The van der Waals surface area contributed by atoms with Crippen molar-refractivity contribution in [2.75, 3.05) is 13.1 Å². The van der Waals surface area contributed by atoms with E-state index in [1.807, 2.05) is 0 Å². The second kappa shape index (κ2) is 7.90. The largest absolute Gasteiger partial charge is 0.435 e. The molecule has 2 heterocycles. The monoisotopic (exact) mass is 414 g/mol. The Bertz CT molecular complexity index is 727. The molecule has 1 atom stereocenters. The van der Waals surface area contributed by atoms with Crippen molar-refractivity contribution in [3.05, 3.63) is 40.6 Å². The number of hydrogen-bond donors (Lipinski definition) is 0. The van der Waals surface area contributed by atoms with Gasteiger partial charge in [-0.05, 0) is 36.6 Å². The number of ether oxygens (including phenoxy) is 1. The molecule has 1 amide bonds. The van der Waals surface area contributed by atoms with Gasteiger partial charge in [0.2, 0.25) is 5.91 Å². The maximum atomic E-state index is 12.5. The highest BCUT2D eigenvalue weighted by Gasteiger charge is 2.27. The molecule has 1 saturated heterocycles. The van der Waals surface area contributed by atoms with Gasteiger partial charge in [-0.3, -0.25) is 4.79 Å². The number of alkyl halides is 2. The maximum absolute atomic E-state index is 12.5. The molecule has 0 saturated carbocycles. The van der Waals surface area contributed by atoms with Crippen molar-refractivity contribution in [1.29, 1.82) is 0 Å². The number of benzene rings is 1. The zero-order valence-corrected chi connectivity index (χ0v) is 14.9. The average Bonchev–Trinajstić information content (AvgIpc) is 3.25. The van der Waals surface area contributed by atoms with Crippen LogP contribution in [0.2, 0.25) is 0 Å². The molecule has 0 aliphatic carbocycles. The zero-order valence-electron chi connectivity index (χ0n) is 13.3. The van der Waals surface area contributed by atoms with Gasteiger partial charge in [-0.15, -0.1) is 5.10 Å². The molecule has 3 rings (SSSR count). The number of rotatable bonds is 6. The first-order chi connectivity index (χ1) is 12.0. The van der Waals surface area contributed by atoms with E-state index in [2.05, 4.69) is 31.0 Å². The summed E-state index contributed by atoms with van der Waals surface area (Å²) in [5, 5.41) is 7.75. The molecule has 1 aromatic carbocycles. The molecular formula is C16H17BrF2N4O2. The van der Waals surface area contributed by atoms with Gasteiger partial charge >= 0.3 is 6.61 Å². The molecule has 0 spiro atoms. The summed E-state index contributed by atoms with van der Waals surface area (Å²) in [7, 11) is 0. The first-order valence-electron chi connectivity index (χ1n) is 7.89. The minimum atomic E-state index is -2.89. The SMILES string of the molecule is O=C(CCc1cc(Br)ccc1OC(F)F)N1CCC(n2ccnn2)C1. The van der Waals surface area contributed by atoms with Crippen LogP contribution in [0.4, 0.5) is 8.78 Å². The Morgan fingerprint density at radius 3 is 3.00 bits per heavy atom. The van der Waals surface area contributed by atoms with Gasteiger partial charge < -0.3 is 9.64 Å². The molecule has 6 nitrogen and oxygen atoms in total. The van der Waals surface area contributed by atoms with E-state index in [-0.39, 0.29) is 24.1 Å². The van der Waals surface area contributed by atoms with Crippen LogP contribution in [-0.4, -0.2) is 45.5 Å². The van der Waals surface area contributed by atoms with Crippen molar-refractivity contribution in [1.82, 2.24) is 19.9 Å². The van der Waals surface area contributed by atoms with E-state index in [0.717, 1.165) is 10.9 Å². The van der Waals surface area contributed by atoms with Crippen molar-refractivity contribution >= 4 is 21.8 Å². The number of likely N-dealkylation sites (tertiary alicyclic amines) is 1. The first kappa shape index (κ1) is 17.8. The fourth-order valence-corrected chi connectivity index (χ4v) is 3.36. The predicted molar refractivity (Wildman–Crippen MR) is 89.4 cm³/mol. The minimum absolute atomic E-state index is 0.00872. The minimum Gasteiger partial charge on any atom is -0.435 e. The third-order valence-corrected chi connectivity index (χ3v) is 4.67. The number of carbonyl (C=O) groups is 1. The number of aryl methyl sites for hydroxylation is 1. The molecule has 1 unspecified atom stereocenters. The molecule has 1 fully saturated rings. The van der Waals surface area contributed by atoms with E-state index in [9.17, 15) is 13.6 Å². The van der Waals surface area contributed by atoms with Gasteiger partial charge in [0, 0.05) is 30.2 Å². The summed E-state index contributed by atoms with van der Waals surface area (Å²) in [4.78, 5) is 14.2. The van der Waals surface area contributed by atoms with Gasteiger partial charge in [0.25, 0.3) is 0 Å². The standard InChI is InChI=1S/C16H17BrF2N4O2/c17-12-2-3-14(25-16(18)19)11(9-12)1-4-15(24)22-7-5-13(10-22)23-8-6-20-21-23/h2-3,6,8-9,13,16H,1,4-5,7,10H2. The van der Waals surface area contributed by atoms with Crippen molar-refractivity contribution < 1.29 is 18.3 Å². The summed E-state index contributed by atoms with van der Waals surface area (Å²) in [6, 6.07) is 4.95. The summed E-state index contributed by atoms with van der Waals surface area (Å²) in [6.45, 7) is -1.65. The Balaban J connectivity index is 1.58. The highest BCUT2D eigenvalue weighted by atomic mass is 79.9. The lowest BCUT2D eigenvalue weighted by Gasteiger charge is -2.17. The summed E-state index contributed by atoms with van der Waals surface area (Å²) in [5.74, 6) is 0.0958. The topological polar surface area (TPSA) is 60.2 Å². The molecular weight excluding hydrogens is 398 g/mol. The zero-order chi connectivity index (χ0) is 17.8. The third-order valence-electron chi connectivity index (χ3n) is 4.18. The van der Waals surface area contributed by atoms with Crippen LogP contribution in [0.3, 0.4) is 0 Å². The Morgan fingerprint density at radius 2 is 2.28 bits per heavy atom. The molecule has 0 N–H and O–H groups in total. The molecule has 1 aromatic heterocycles. The van der Waals surface area contributed by atoms with Gasteiger partial charge in [0.05, 0.1) is 12.2 Å². The van der Waals surface area contributed by atoms with Crippen LogP contribution in [0, 0.1) is 0 Å². The van der Waals surface area contributed by atoms with Crippen molar-refractivity contribution in [3.63, 3.8) is 0 Å². The van der Waals surface area contributed by atoms with Crippen LogP contribution in [0.25, 0.3) is 0 Å². The van der Waals surface area contributed by atoms with Crippen LogP contribution < -0.4 is 4.74 Å². The number of halogens is 3. The van der Waals surface area contributed by atoms with Crippen LogP contribution in [0.15, 0.2) is 35.1 Å². The fraction of sp³-hybridized carbons (Fsp3) is 0.438. The number of aromatic nitrogens is 3. The second-order valence-corrected chi connectivity index (χ2v) is 6.71. The molecule has 9 heteroatoms. The van der Waals surface area contributed by atoms with Gasteiger partial charge in [-0.1, -0.05) is 21.1 Å². The normalized spacial score (nSPS) is 17.3. The average molecular weight is 415 g/mol. The first-order valence-corrected chi connectivity index (χ1v) is 8.69. The summed E-state index contributed by atoms with van der Waals surface area (Å²) in [5.41, 5.74) is 0.579. The van der Waals surface area contributed by atoms with E-state index in [4.69, 9.17) is 0 Å². The van der Waals surface area contributed by atoms with Crippen LogP contribution >= 0.6 is 15.9 Å². The van der Waals surface area contributed by atoms with Crippen LogP contribution in [0.1, 0.15) is 24.4 Å². The fourth-order valence-electron chi connectivity index (χ4n) is 2.95. The van der Waals surface area contributed by atoms with Gasteiger partial charge in [0.1, 0.15) is 5.75 Å². The third kappa shape index (κ3) is 4.53. The molecule has 0 bridgehead atoms. The number of carbonyl (C=O) groups excluding carboxylic acids is 1. The smallest absolute Gasteiger partial charge is 0.387 e. The number of hydrogen-bond acceptors (Lipinski definition) is 4. The van der Waals surface area contributed by atoms with E-state index in [0.29, 0.717) is 25.1 Å². The molecule has 0 radical (unpaired) electrons. The number of nitrogens with zero attached hydrogens (tertiary/aromatic N) is 4. The predicted octanol–water partition coefficient (Wildman–Crippen LogP) is 3.05. The summed E-state index contributed by atoms with van der Waals surface area (Å²) >= 11 is 3.31. The highest BCUT2D eigenvalue weighted by Crippen LogP contribution is 2.27. The van der Waals surface area contributed by atoms with Crippen LogP contribution in [0.5, 0.6) is 5.75 Å². The Labute approximate surface area is 151 Å². The Hall–Kier alpha value is -2.03. The summed E-state index contributed by atoms with van der Waals surface area (Å²) < 4.78 is 32.0. The van der Waals surface area contributed by atoms with E-state index >= 15 is 0 Å². The quantitative estimate of drug-likeness (QED) is 0.728. The lowest BCUT2D eigenvalue weighted by molar-refractivity contribution is -0.130. The van der Waals surface area contributed by atoms with Crippen molar-refractivity contribution in [2.24, 2.45) is 0 Å². The Kier molecular flexibility index (Phi) is 5.62. The molecule has 1 aliphatic heterocycles. The highest BCUT2D eigenvalue weighted by molar-refractivity contribution is 9.10. The van der Waals surface area contributed by atoms with Gasteiger partial charge in [-0.2, -0.15) is 8.78 Å². The number of amides is 1. The van der Waals surface area contributed by atoms with Gasteiger partial charge in [-0.25, -0.2) is 4.68 Å². The second-order valence-electron chi connectivity index (χ2n) is 5.80.